The number of hydrogen-bond donors (Lipinski definition) is 1. The van der Waals surface area contributed by atoms with E-state index in [2.05, 4.69) is 5.32 Å². The van der Waals surface area contributed by atoms with Crippen molar-refractivity contribution in [1.29, 1.82) is 0 Å². The Bertz CT molecular complexity index is 907. The van der Waals surface area contributed by atoms with Crippen molar-refractivity contribution in [2.45, 2.75) is 6.54 Å². The molecule has 0 unspecified atom stereocenters. The fraction of sp³-hybridized carbons (Fsp3) is 0.188. The Kier molecular flexibility index (Phi) is 6.29. The van der Waals surface area contributed by atoms with E-state index < -0.39 is 10.0 Å². The lowest BCUT2D eigenvalue weighted by Gasteiger charge is -2.11. The molecule has 2 rings (SSSR count). The van der Waals surface area contributed by atoms with E-state index in [9.17, 15) is 13.2 Å². The van der Waals surface area contributed by atoms with Crippen molar-refractivity contribution in [3.05, 3.63) is 58.0 Å². The van der Waals surface area contributed by atoms with Crippen molar-refractivity contribution in [2.24, 2.45) is 0 Å². The number of rotatable bonds is 6. The number of amides is 1. The summed E-state index contributed by atoms with van der Waals surface area (Å²) in [4.78, 5) is 11.9. The second-order valence-corrected chi connectivity index (χ2v) is 8.18. The monoisotopic (exact) mass is 402 g/mol. The van der Waals surface area contributed by atoms with Gasteiger partial charge in [-0.25, -0.2) is 8.42 Å². The van der Waals surface area contributed by atoms with Gasteiger partial charge in [0.05, 0.1) is 22.8 Å². The van der Waals surface area contributed by atoms with Gasteiger partial charge in [0.1, 0.15) is 11.5 Å². The van der Waals surface area contributed by atoms with Gasteiger partial charge < -0.3 is 9.73 Å². The average Bonchev–Trinajstić information content (AvgIpc) is 2.95. The maximum absolute atomic E-state index is 11.9. The van der Waals surface area contributed by atoms with Crippen LogP contribution in [-0.2, 0) is 21.4 Å². The Balaban J connectivity index is 1.97. The van der Waals surface area contributed by atoms with E-state index in [1.807, 2.05) is 0 Å². The summed E-state index contributed by atoms with van der Waals surface area (Å²) >= 11 is 11.7. The summed E-state index contributed by atoms with van der Waals surface area (Å²) in [6.07, 6.45) is 3.90. The SMILES string of the molecule is CN(Cc1ccc(/C=C/C(=O)Nc2ccc(Cl)c(Cl)c2)o1)S(C)(=O)=O. The largest absolute Gasteiger partial charge is 0.460 e. The van der Waals surface area contributed by atoms with E-state index >= 15 is 0 Å². The van der Waals surface area contributed by atoms with Crippen molar-refractivity contribution in [3.63, 3.8) is 0 Å². The van der Waals surface area contributed by atoms with Crippen LogP contribution in [0.15, 0.2) is 40.8 Å². The Morgan fingerprint density at radius 3 is 2.60 bits per heavy atom. The number of nitrogens with zero attached hydrogens (tertiary/aromatic N) is 1. The van der Waals surface area contributed by atoms with Crippen LogP contribution in [-0.4, -0.2) is 31.9 Å². The van der Waals surface area contributed by atoms with Crippen LogP contribution in [0.5, 0.6) is 0 Å². The molecule has 0 bridgehead atoms. The number of hydrogen-bond acceptors (Lipinski definition) is 4. The van der Waals surface area contributed by atoms with E-state index in [-0.39, 0.29) is 12.5 Å². The smallest absolute Gasteiger partial charge is 0.248 e. The van der Waals surface area contributed by atoms with Gasteiger partial charge in [-0.1, -0.05) is 23.2 Å². The second-order valence-electron chi connectivity index (χ2n) is 5.27. The molecule has 1 amide bonds. The van der Waals surface area contributed by atoms with Gasteiger partial charge in [-0.3, -0.25) is 4.79 Å². The summed E-state index contributed by atoms with van der Waals surface area (Å²) in [5.74, 6) is 0.531. The molecule has 0 fully saturated rings. The van der Waals surface area contributed by atoms with Crippen LogP contribution < -0.4 is 5.32 Å². The van der Waals surface area contributed by atoms with E-state index in [0.717, 1.165) is 10.6 Å². The number of halogens is 2. The molecule has 0 aliphatic rings. The minimum Gasteiger partial charge on any atom is -0.460 e. The molecule has 0 saturated heterocycles. The van der Waals surface area contributed by atoms with Gasteiger partial charge in [0.25, 0.3) is 0 Å². The number of sulfonamides is 1. The van der Waals surface area contributed by atoms with E-state index in [1.165, 1.54) is 19.2 Å². The predicted octanol–water partition coefficient (Wildman–Crippen LogP) is 3.63. The maximum atomic E-state index is 11.9. The minimum atomic E-state index is -3.29. The number of carbonyl (C=O) groups is 1. The molecule has 6 nitrogen and oxygen atoms in total. The number of nitrogens with one attached hydrogen (secondary N) is 1. The highest BCUT2D eigenvalue weighted by atomic mass is 35.5. The summed E-state index contributed by atoms with van der Waals surface area (Å²) in [5, 5.41) is 3.38. The summed E-state index contributed by atoms with van der Waals surface area (Å²) in [7, 11) is -1.83. The Hall–Kier alpha value is -1.80. The zero-order valence-electron chi connectivity index (χ0n) is 13.5. The molecule has 134 valence electrons. The fourth-order valence-corrected chi connectivity index (χ4v) is 2.48. The van der Waals surface area contributed by atoms with Gasteiger partial charge in [0.2, 0.25) is 15.9 Å². The zero-order chi connectivity index (χ0) is 18.6. The molecule has 0 saturated carbocycles. The van der Waals surface area contributed by atoms with Gasteiger partial charge in [-0.2, -0.15) is 4.31 Å². The topological polar surface area (TPSA) is 79.6 Å². The molecule has 0 atom stereocenters. The predicted molar refractivity (Wildman–Crippen MR) is 99.1 cm³/mol. The van der Waals surface area contributed by atoms with Gasteiger partial charge in [-0.05, 0) is 36.4 Å². The number of benzene rings is 1. The zero-order valence-corrected chi connectivity index (χ0v) is 15.8. The first-order chi connectivity index (χ1) is 11.6. The number of furan rings is 1. The van der Waals surface area contributed by atoms with Crippen LogP contribution >= 0.6 is 23.2 Å². The van der Waals surface area contributed by atoms with Crippen molar-refractivity contribution >= 4 is 50.9 Å². The molecule has 1 aromatic carbocycles. The summed E-state index contributed by atoms with van der Waals surface area (Å²) < 4.78 is 29.4. The Morgan fingerprint density at radius 2 is 1.96 bits per heavy atom. The molecular formula is C16H16Cl2N2O4S. The number of carbonyl (C=O) groups excluding carboxylic acids is 1. The lowest BCUT2D eigenvalue weighted by molar-refractivity contribution is -0.111. The minimum absolute atomic E-state index is 0.113. The highest BCUT2D eigenvalue weighted by molar-refractivity contribution is 7.88. The van der Waals surface area contributed by atoms with Crippen molar-refractivity contribution < 1.29 is 17.6 Å². The molecule has 1 aromatic heterocycles. The van der Waals surface area contributed by atoms with Crippen LogP contribution in [0.4, 0.5) is 5.69 Å². The molecule has 2 aromatic rings. The molecular weight excluding hydrogens is 387 g/mol. The summed E-state index contributed by atoms with van der Waals surface area (Å²) in [5.41, 5.74) is 0.513. The molecule has 0 aliphatic heterocycles. The molecule has 25 heavy (non-hydrogen) atoms. The Labute approximate surface area is 156 Å². The second kappa shape index (κ2) is 8.05. The third-order valence-corrected chi connectivity index (χ3v) is 5.21. The highest BCUT2D eigenvalue weighted by Crippen LogP contribution is 2.25. The molecule has 1 heterocycles. The lowest BCUT2D eigenvalue weighted by Crippen LogP contribution is -2.24. The third kappa shape index (κ3) is 5.89. The maximum Gasteiger partial charge on any atom is 0.248 e. The Morgan fingerprint density at radius 1 is 1.24 bits per heavy atom. The molecule has 9 heteroatoms. The first-order valence-corrected chi connectivity index (χ1v) is 9.70. The molecule has 0 aliphatic carbocycles. The van der Waals surface area contributed by atoms with Gasteiger partial charge >= 0.3 is 0 Å². The first kappa shape index (κ1) is 19.5. The van der Waals surface area contributed by atoms with Crippen molar-refractivity contribution in [1.82, 2.24) is 4.31 Å². The average molecular weight is 403 g/mol. The molecule has 1 N–H and O–H groups in total. The standard InChI is InChI=1S/C16H16Cl2N2O4S/c1-20(25(2,22)23)10-13-5-4-12(24-13)6-8-16(21)19-11-3-7-14(17)15(18)9-11/h3-9H,10H2,1-2H3,(H,19,21)/b8-6+. The summed E-state index contributed by atoms with van der Waals surface area (Å²) in [6.45, 7) is 0.113. The van der Waals surface area contributed by atoms with Crippen molar-refractivity contribution in [2.75, 3.05) is 18.6 Å². The van der Waals surface area contributed by atoms with E-state index in [4.69, 9.17) is 27.6 Å². The normalized spacial score (nSPS) is 12.0. The van der Waals surface area contributed by atoms with Crippen molar-refractivity contribution in [3.8, 4) is 0 Å². The van der Waals surface area contributed by atoms with Gasteiger partial charge in [0.15, 0.2) is 0 Å². The van der Waals surface area contributed by atoms with Crippen LogP contribution in [0.3, 0.4) is 0 Å². The quantitative estimate of drug-likeness (QED) is 0.747. The first-order valence-electron chi connectivity index (χ1n) is 7.09. The van der Waals surface area contributed by atoms with Crippen LogP contribution in [0, 0.1) is 0 Å². The third-order valence-electron chi connectivity index (χ3n) is 3.21. The van der Waals surface area contributed by atoms with Crippen LogP contribution in [0.2, 0.25) is 10.0 Å². The van der Waals surface area contributed by atoms with Crippen LogP contribution in [0.1, 0.15) is 11.5 Å². The van der Waals surface area contributed by atoms with Crippen LogP contribution in [0.25, 0.3) is 6.08 Å². The van der Waals surface area contributed by atoms with E-state index in [1.54, 1.807) is 30.3 Å². The molecule has 0 spiro atoms. The summed E-state index contributed by atoms with van der Waals surface area (Å²) in [6, 6.07) is 8.06. The van der Waals surface area contributed by atoms with Gasteiger partial charge in [0, 0.05) is 18.8 Å². The number of anilines is 1. The fourth-order valence-electron chi connectivity index (χ4n) is 1.82. The lowest BCUT2D eigenvalue weighted by atomic mass is 10.3. The molecule has 0 radical (unpaired) electrons. The van der Waals surface area contributed by atoms with E-state index in [0.29, 0.717) is 27.3 Å². The highest BCUT2D eigenvalue weighted by Gasteiger charge is 2.13. The van der Waals surface area contributed by atoms with Gasteiger partial charge in [-0.15, -0.1) is 0 Å².